The van der Waals surface area contributed by atoms with Gasteiger partial charge in [0.25, 0.3) is 5.91 Å². The van der Waals surface area contributed by atoms with Gasteiger partial charge >= 0.3 is 0 Å². The van der Waals surface area contributed by atoms with E-state index in [9.17, 15) is 22.4 Å². The zero-order valence-corrected chi connectivity index (χ0v) is 24.2. The molecule has 1 atom stereocenters. The standard InChI is InChI=1S/C33H34FN3O4S/c34-25-14-12-23(13-15-25)31(38)24-16-20-36(21-17-24)22-18-26-7-6-19-37(26)33(39)30-32(28-10-4-5-11-29(28)35-30)42(40,41)27-8-2-1-3-9-27/h1-5,8-15,24,26,35H,6-7,16-22H2/t26-/m0/s1. The zero-order chi connectivity index (χ0) is 29.3. The maximum Gasteiger partial charge on any atom is 0.271 e. The second-order valence-electron chi connectivity index (χ2n) is 11.3. The summed E-state index contributed by atoms with van der Waals surface area (Å²) in [5.74, 6) is -0.628. The number of carbonyl (C=O) groups excluding carboxylic acids is 2. The fraction of sp³-hybridized carbons (Fsp3) is 0.333. The quantitative estimate of drug-likeness (QED) is 0.266. The number of rotatable bonds is 8. The van der Waals surface area contributed by atoms with Crippen molar-refractivity contribution in [3.63, 3.8) is 0 Å². The van der Waals surface area contributed by atoms with Crippen molar-refractivity contribution in [3.05, 3.63) is 95.9 Å². The Kier molecular flexibility index (Phi) is 7.96. The molecule has 0 aliphatic carbocycles. The number of hydrogen-bond acceptors (Lipinski definition) is 5. The first-order chi connectivity index (χ1) is 20.3. The Labute approximate surface area is 245 Å². The van der Waals surface area contributed by atoms with Crippen LogP contribution in [0.15, 0.2) is 88.7 Å². The van der Waals surface area contributed by atoms with Crippen LogP contribution in [0.1, 0.15) is 53.0 Å². The van der Waals surface area contributed by atoms with Crippen molar-refractivity contribution in [2.24, 2.45) is 5.92 Å². The number of hydrogen-bond donors (Lipinski definition) is 1. The summed E-state index contributed by atoms with van der Waals surface area (Å²) in [6.07, 6.45) is 4.01. The van der Waals surface area contributed by atoms with E-state index in [1.165, 1.54) is 12.1 Å². The molecule has 1 N–H and O–H groups in total. The molecule has 2 aliphatic heterocycles. The fourth-order valence-corrected chi connectivity index (χ4v) is 8.04. The Balaban J connectivity index is 1.14. The maximum atomic E-state index is 14.0. The van der Waals surface area contributed by atoms with Gasteiger partial charge in [-0.3, -0.25) is 9.59 Å². The molecule has 218 valence electrons. The Morgan fingerprint density at radius 2 is 1.55 bits per heavy atom. The number of para-hydroxylation sites is 1. The minimum absolute atomic E-state index is 0.00904. The number of piperidine rings is 1. The van der Waals surface area contributed by atoms with E-state index < -0.39 is 9.84 Å². The van der Waals surface area contributed by atoms with Crippen LogP contribution in [0.5, 0.6) is 0 Å². The topological polar surface area (TPSA) is 90.6 Å². The van der Waals surface area contributed by atoms with Gasteiger partial charge in [-0.1, -0.05) is 36.4 Å². The molecule has 4 aromatic rings. The Morgan fingerprint density at radius 3 is 2.29 bits per heavy atom. The second kappa shape index (κ2) is 11.8. The zero-order valence-electron chi connectivity index (χ0n) is 23.3. The van der Waals surface area contributed by atoms with E-state index in [2.05, 4.69) is 9.88 Å². The highest BCUT2D eigenvalue weighted by Gasteiger charge is 2.36. The average Bonchev–Trinajstić information content (AvgIpc) is 3.66. The van der Waals surface area contributed by atoms with Crippen LogP contribution >= 0.6 is 0 Å². The number of carbonyl (C=O) groups is 2. The summed E-state index contributed by atoms with van der Waals surface area (Å²) < 4.78 is 40.9. The van der Waals surface area contributed by atoms with Gasteiger partial charge in [0.2, 0.25) is 9.84 Å². The van der Waals surface area contributed by atoms with E-state index in [-0.39, 0.29) is 45.0 Å². The number of fused-ring (bicyclic) bond motifs is 1. The van der Waals surface area contributed by atoms with E-state index in [4.69, 9.17) is 0 Å². The molecule has 1 amide bonds. The van der Waals surface area contributed by atoms with Gasteiger partial charge in [0.05, 0.1) is 4.90 Å². The van der Waals surface area contributed by atoms with Gasteiger partial charge in [-0.25, -0.2) is 12.8 Å². The third-order valence-electron chi connectivity index (χ3n) is 8.70. The van der Waals surface area contributed by atoms with Crippen LogP contribution in [0.25, 0.3) is 10.9 Å². The number of aromatic amines is 1. The summed E-state index contributed by atoms with van der Waals surface area (Å²) in [6.45, 7) is 2.96. The fourth-order valence-electron chi connectivity index (χ4n) is 6.41. The summed E-state index contributed by atoms with van der Waals surface area (Å²) >= 11 is 0. The molecule has 0 saturated carbocycles. The number of nitrogens with one attached hydrogen (secondary N) is 1. The number of sulfone groups is 1. The van der Waals surface area contributed by atoms with E-state index in [1.807, 2.05) is 11.0 Å². The van der Waals surface area contributed by atoms with Crippen molar-refractivity contribution in [3.8, 4) is 0 Å². The maximum absolute atomic E-state index is 14.0. The largest absolute Gasteiger partial charge is 0.349 e. The molecule has 2 aliphatic rings. The number of H-pyrrole nitrogens is 1. The molecular formula is C33H34FN3O4S. The van der Waals surface area contributed by atoms with Crippen LogP contribution < -0.4 is 0 Å². The van der Waals surface area contributed by atoms with Gasteiger partial charge in [0.15, 0.2) is 5.78 Å². The van der Waals surface area contributed by atoms with Crippen molar-refractivity contribution in [2.45, 2.75) is 47.9 Å². The van der Waals surface area contributed by atoms with Crippen LogP contribution in [-0.2, 0) is 9.84 Å². The van der Waals surface area contributed by atoms with Gasteiger partial charge in [0.1, 0.15) is 16.4 Å². The lowest BCUT2D eigenvalue weighted by atomic mass is 9.88. The van der Waals surface area contributed by atoms with Crippen LogP contribution in [-0.4, -0.2) is 67.1 Å². The monoisotopic (exact) mass is 587 g/mol. The van der Waals surface area contributed by atoms with Crippen molar-refractivity contribution in [1.29, 1.82) is 0 Å². The summed E-state index contributed by atoms with van der Waals surface area (Å²) in [5, 5.41) is 0.513. The molecule has 0 bridgehead atoms. The highest BCUT2D eigenvalue weighted by Crippen LogP contribution is 2.34. The molecule has 1 aromatic heterocycles. The minimum Gasteiger partial charge on any atom is -0.349 e. The number of amides is 1. The molecular weight excluding hydrogens is 553 g/mol. The van der Waals surface area contributed by atoms with Crippen LogP contribution in [0.3, 0.4) is 0 Å². The molecule has 9 heteroatoms. The van der Waals surface area contributed by atoms with Gasteiger partial charge in [-0.15, -0.1) is 0 Å². The number of likely N-dealkylation sites (tertiary alicyclic amines) is 2. The van der Waals surface area contributed by atoms with E-state index >= 15 is 0 Å². The Bertz CT molecular complexity index is 1690. The highest BCUT2D eigenvalue weighted by atomic mass is 32.2. The van der Waals surface area contributed by atoms with Gasteiger partial charge < -0.3 is 14.8 Å². The number of Topliss-reactive ketones (excluding diaryl/α,β-unsaturated/α-hetero) is 1. The number of halogens is 1. The first-order valence-corrected chi connectivity index (χ1v) is 16.0. The summed E-state index contributed by atoms with van der Waals surface area (Å²) in [5.41, 5.74) is 1.29. The molecule has 6 rings (SSSR count). The van der Waals surface area contributed by atoms with Crippen LogP contribution in [0.4, 0.5) is 4.39 Å². The normalized spacial score (nSPS) is 18.5. The summed E-state index contributed by atoms with van der Waals surface area (Å²) in [7, 11) is -3.94. The van der Waals surface area contributed by atoms with Crippen molar-refractivity contribution in [2.75, 3.05) is 26.2 Å². The highest BCUT2D eigenvalue weighted by molar-refractivity contribution is 7.91. The van der Waals surface area contributed by atoms with E-state index in [0.717, 1.165) is 51.7 Å². The molecule has 7 nitrogen and oxygen atoms in total. The number of ketones is 1. The molecule has 0 radical (unpaired) electrons. The van der Waals surface area contributed by atoms with E-state index in [1.54, 1.807) is 60.7 Å². The third-order valence-corrected chi connectivity index (χ3v) is 10.6. The van der Waals surface area contributed by atoms with Crippen molar-refractivity contribution >= 4 is 32.4 Å². The minimum atomic E-state index is -3.94. The number of nitrogens with zero attached hydrogens (tertiary/aromatic N) is 2. The SMILES string of the molecule is O=C(c1ccc(F)cc1)C1CCN(CC[C@@H]2CCCN2C(=O)c2[nH]c3ccccc3c2S(=O)(=O)c2ccccc2)CC1. The lowest BCUT2D eigenvalue weighted by Gasteiger charge is -2.33. The lowest BCUT2D eigenvalue weighted by Crippen LogP contribution is -2.41. The molecule has 2 fully saturated rings. The Hall–Kier alpha value is -3.82. The average molecular weight is 588 g/mol. The van der Waals surface area contributed by atoms with Crippen molar-refractivity contribution in [1.82, 2.24) is 14.8 Å². The van der Waals surface area contributed by atoms with Gasteiger partial charge in [-0.2, -0.15) is 0 Å². The lowest BCUT2D eigenvalue weighted by molar-refractivity contribution is 0.0696. The van der Waals surface area contributed by atoms with Crippen molar-refractivity contribution < 1.29 is 22.4 Å². The summed E-state index contributed by atoms with van der Waals surface area (Å²) in [6, 6.07) is 21.1. The third kappa shape index (κ3) is 5.51. The number of aromatic nitrogens is 1. The second-order valence-corrected chi connectivity index (χ2v) is 13.1. The predicted octanol–water partition coefficient (Wildman–Crippen LogP) is 5.73. The first kappa shape index (κ1) is 28.3. The van der Waals surface area contributed by atoms with E-state index in [0.29, 0.717) is 23.0 Å². The molecule has 3 aromatic carbocycles. The Morgan fingerprint density at radius 1 is 0.857 bits per heavy atom. The number of benzene rings is 3. The first-order valence-electron chi connectivity index (χ1n) is 14.6. The smallest absolute Gasteiger partial charge is 0.271 e. The molecule has 42 heavy (non-hydrogen) atoms. The molecule has 0 unspecified atom stereocenters. The van der Waals surface area contributed by atoms with Gasteiger partial charge in [-0.05, 0) is 87.7 Å². The predicted molar refractivity (Wildman–Crippen MR) is 159 cm³/mol. The molecule has 3 heterocycles. The molecule has 0 spiro atoms. The summed E-state index contributed by atoms with van der Waals surface area (Å²) in [4.78, 5) is 34.4. The molecule has 2 saturated heterocycles. The van der Waals surface area contributed by atoms with Crippen LogP contribution in [0, 0.1) is 11.7 Å². The van der Waals surface area contributed by atoms with Crippen LogP contribution in [0.2, 0.25) is 0 Å². The van der Waals surface area contributed by atoms with Gasteiger partial charge in [0, 0.05) is 41.5 Å².